The molecular formula is C20H38N2. The van der Waals surface area contributed by atoms with Crippen molar-refractivity contribution in [3.63, 3.8) is 0 Å². The van der Waals surface area contributed by atoms with Crippen LogP contribution in [0.15, 0.2) is 0 Å². The second-order valence-electron chi connectivity index (χ2n) is 8.07. The molecule has 22 heavy (non-hydrogen) atoms. The third-order valence-corrected chi connectivity index (χ3v) is 5.34. The van der Waals surface area contributed by atoms with E-state index < -0.39 is 0 Å². The first-order valence-electron chi connectivity index (χ1n) is 9.34. The van der Waals surface area contributed by atoms with Crippen molar-refractivity contribution in [1.82, 2.24) is 9.97 Å². The average Bonchev–Trinajstić information content (AvgIpc) is 2.91. The van der Waals surface area contributed by atoms with E-state index in [1.807, 2.05) is 0 Å². The predicted octanol–water partition coefficient (Wildman–Crippen LogP) is 6.54. The first-order chi connectivity index (χ1) is 10.2. The SMILES string of the molecule is CCCCCC(C)(C)c1[nH]c(C(C)CC)nc1C(C)C(C)C. The number of H-pyrrole nitrogens is 1. The standard InChI is InChI=1S/C20H38N2/c1-9-11-12-13-20(7,8)18-17(16(6)14(3)4)21-19(22-18)15(5)10-2/h14-16H,9-13H2,1-8H3,(H,21,22). The van der Waals surface area contributed by atoms with Crippen LogP contribution in [-0.2, 0) is 5.41 Å². The maximum absolute atomic E-state index is 5.04. The number of aromatic amines is 1. The first kappa shape index (κ1) is 19.3. The van der Waals surface area contributed by atoms with E-state index in [1.54, 1.807) is 0 Å². The summed E-state index contributed by atoms with van der Waals surface area (Å²) in [7, 11) is 0. The number of imidazole rings is 1. The summed E-state index contributed by atoms with van der Waals surface area (Å²) in [6.07, 6.45) is 6.29. The second kappa shape index (κ2) is 8.17. The normalized spacial score (nSPS) is 15.3. The Morgan fingerprint density at radius 1 is 1.05 bits per heavy atom. The van der Waals surface area contributed by atoms with E-state index in [9.17, 15) is 0 Å². The van der Waals surface area contributed by atoms with Crippen LogP contribution >= 0.6 is 0 Å². The largest absolute Gasteiger partial charge is 0.345 e. The van der Waals surface area contributed by atoms with E-state index in [4.69, 9.17) is 4.98 Å². The van der Waals surface area contributed by atoms with Gasteiger partial charge in [-0.15, -0.1) is 0 Å². The minimum absolute atomic E-state index is 0.187. The lowest BCUT2D eigenvalue weighted by atomic mass is 9.79. The van der Waals surface area contributed by atoms with Gasteiger partial charge in [0.15, 0.2) is 0 Å². The second-order valence-corrected chi connectivity index (χ2v) is 8.07. The molecule has 0 aliphatic rings. The van der Waals surface area contributed by atoms with Crippen molar-refractivity contribution in [2.45, 2.75) is 105 Å². The lowest BCUT2D eigenvalue weighted by molar-refractivity contribution is 0.425. The summed E-state index contributed by atoms with van der Waals surface area (Å²) in [5, 5.41) is 0. The molecule has 0 saturated heterocycles. The lowest BCUT2D eigenvalue weighted by Gasteiger charge is -2.27. The number of hydrogen-bond acceptors (Lipinski definition) is 1. The maximum atomic E-state index is 5.04. The highest BCUT2D eigenvalue weighted by Gasteiger charge is 2.30. The summed E-state index contributed by atoms with van der Waals surface area (Å²) in [5.41, 5.74) is 2.89. The molecule has 1 rings (SSSR count). The molecule has 2 atom stereocenters. The van der Waals surface area contributed by atoms with E-state index in [0.717, 1.165) is 6.42 Å². The van der Waals surface area contributed by atoms with Crippen LogP contribution in [0.25, 0.3) is 0 Å². The Morgan fingerprint density at radius 2 is 1.68 bits per heavy atom. The molecule has 1 aromatic heterocycles. The molecule has 0 aliphatic heterocycles. The van der Waals surface area contributed by atoms with Gasteiger partial charge in [-0.1, -0.05) is 74.7 Å². The van der Waals surface area contributed by atoms with Gasteiger partial charge in [0.1, 0.15) is 5.82 Å². The highest BCUT2D eigenvalue weighted by Crippen LogP contribution is 2.37. The van der Waals surface area contributed by atoms with Gasteiger partial charge >= 0.3 is 0 Å². The molecule has 0 spiro atoms. The average molecular weight is 307 g/mol. The van der Waals surface area contributed by atoms with Gasteiger partial charge in [-0.3, -0.25) is 0 Å². The number of nitrogens with one attached hydrogen (secondary N) is 1. The van der Waals surface area contributed by atoms with E-state index in [1.165, 1.54) is 42.9 Å². The fourth-order valence-electron chi connectivity index (χ4n) is 2.94. The van der Waals surface area contributed by atoms with Crippen LogP contribution in [0.4, 0.5) is 0 Å². The van der Waals surface area contributed by atoms with Crippen molar-refractivity contribution < 1.29 is 0 Å². The molecule has 0 radical (unpaired) electrons. The van der Waals surface area contributed by atoms with Crippen LogP contribution in [0.2, 0.25) is 0 Å². The first-order valence-corrected chi connectivity index (χ1v) is 9.34. The topological polar surface area (TPSA) is 28.7 Å². The van der Waals surface area contributed by atoms with Gasteiger partial charge in [0.2, 0.25) is 0 Å². The molecule has 2 heteroatoms. The van der Waals surface area contributed by atoms with Crippen molar-refractivity contribution in [1.29, 1.82) is 0 Å². The highest BCUT2D eigenvalue weighted by molar-refractivity contribution is 5.27. The molecule has 0 aliphatic carbocycles. The zero-order valence-electron chi connectivity index (χ0n) is 16.2. The Hall–Kier alpha value is -0.790. The Kier molecular flexibility index (Phi) is 7.15. The molecule has 1 N–H and O–H groups in total. The molecule has 0 aromatic carbocycles. The summed E-state index contributed by atoms with van der Waals surface area (Å²) < 4.78 is 0. The van der Waals surface area contributed by atoms with Crippen molar-refractivity contribution in [2.75, 3.05) is 0 Å². The van der Waals surface area contributed by atoms with Crippen molar-refractivity contribution in [2.24, 2.45) is 5.92 Å². The molecule has 128 valence electrons. The Labute approximate surface area is 138 Å². The third kappa shape index (κ3) is 4.60. The molecule has 0 saturated carbocycles. The summed E-state index contributed by atoms with van der Waals surface area (Å²) in [4.78, 5) is 8.77. The van der Waals surface area contributed by atoms with Gasteiger partial charge in [0, 0.05) is 22.9 Å². The monoisotopic (exact) mass is 306 g/mol. The van der Waals surface area contributed by atoms with Crippen molar-refractivity contribution in [3.05, 3.63) is 17.2 Å². The molecule has 2 unspecified atom stereocenters. The highest BCUT2D eigenvalue weighted by atomic mass is 15.0. The Bertz CT molecular complexity index is 443. The summed E-state index contributed by atoms with van der Waals surface area (Å²) in [6.45, 7) is 18.5. The quantitative estimate of drug-likeness (QED) is 0.515. The smallest absolute Gasteiger partial charge is 0.109 e. The van der Waals surface area contributed by atoms with Gasteiger partial charge in [0.25, 0.3) is 0 Å². The predicted molar refractivity (Wildman–Crippen MR) is 97.7 cm³/mol. The fraction of sp³-hybridized carbons (Fsp3) is 0.850. The van der Waals surface area contributed by atoms with Gasteiger partial charge in [-0.25, -0.2) is 4.98 Å². The van der Waals surface area contributed by atoms with Crippen molar-refractivity contribution in [3.8, 4) is 0 Å². The zero-order chi connectivity index (χ0) is 16.9. The van der Waals surface area contributed by atoms with Crippen LogP contribution in [-0.4, -0.2) is 9.97 Å². The number of unbranched alkanes of at least 4 members (excludes halogenated alkanes) is 2. The molecule has 0 fully saturated rings. The zero-order valence-corrected chi connectivity index (χ0v) is 16.2. The van der Waals surface area contributed by atoms with Gasteiger partial charge < -0.3 is 4.98 Å². The van der Waals surface area contributed by atoms with Crippen molar-refractivity contribution >= 4 is 0 Å². The minimum atomic E-state index is 0.187. The maximum Gasteiger partial charge on any atom is 0.109 e. The van der Waals surface area contributed by atoms with Gasteiger partial charge in [0.05, 0.1) is 5.69 Å². The summed E-state index contributed by atoms with van der Waals surface area (Å²) in [5.74, 6) is 2.83. The number of hydrogen-bond donors (Lipinski definition) is 1. The lowest BCUT2D eigenvalue weighted by Crippen LogP contribution is -2.21. The van der Waals surface area contributed by atoms with Crippen LogP contribution in [0.1, 0.15) is 117 Å². The fourth-order valence-corrected chi connectivity index (χ4v) is 2.94. The number of nitrogens with zero attached hydrogens (tertiary/aromatic N) is 1. The molecule has 1 aromatic rings. The van der Waals surface area contributed by atoms with E-state index >= 15 is 0 Å². The van der Waals surface area contributed by atoms with E-state index in [2.05, 4.69) is 60.4 Å². The van der Waals surface area contributed by atoms with Gasteiger partial charge in [-0.2, -0.15) is 0 Å². The van der Waals surface area contributed by atoms with E-state index in [0.29, 0.717) is 17.8 Å². The molecule has 0 bridgehead atoms. The van der Waals surface area contributed by atoms with Gasteiger partial charge in [-0.05, 0) is 18.8 Å². The minimum Gasteiger partial charge on any atom is -0.345 e. The van der Waals surface area contributed by atoms with Crippen LogP contribution in [0.3, 0.4) is 0 Å². The molecular weight excluding hydrogens is 268 g/mol. The number of aromatic nitrogens is 2. The molecule has 2 nitrogen and oxygen atoms in total. The van der Waals surface area contributed by atoms with Crippen LogP contribution in [0, 0.1) is 5.92 Å². The van der Waals surface area contributed by atoms with Crippen LogP contribution in [0.5, 0.6) is 0 Å². The summed E-state index contributed by atoms with van der Waals surface area (Å²) in [6, 6.07) is 0. The Morgan fingerprint density at radius 3 is 2.18 bits per heavy atom. The molecule has 0 amide bonds. The summed E-state index contributed by atoms with van der Waals surface area (Å²) >= 11 is 0. The van der Waals surface area contributed by atoms with Crippen LogP contribution < -0.4 is 0 Å². The number of rotatable bonds is 9. The van der Waals surface area contributed by atoms with E-state index in [-0.39, 0.29) is 5.41 Å². The Balaban J connectivity index is 3.16. The third-order valence-electron chi connectivity index (χ3n) is 5.34. The molecule has 1 heterocycles.